The van der Waals surface area contributed by atoms with E-state index in [4.69, 9.17) is 16.0 Å². The van der Waals surface area contributed by atoms with Crippen molar-refractivity contribution < 1.29 is 19.1 Å². The Morgan fingerprint density at radius 2 is 1.69 bits per heavy atom. The molecule has 182 valence electrons. The number of benzene rings is 3. The van der Waals surface area contributed by atoms with E-state index in [0.717, 1.165) is 16.5 Å². The van der Waals surface area contributed by atoms with E-state index in [0.29, 0.717) is 21.9 Å². The molecule has 1 aliphatic rings. The van der Waals surface area contributed by atoms with Crippen molar-refractivity contribution in [1.82, 2.24) is 0 Å². The van der Waals surface area contributed by atoms with Gasteiger partial charge in [-0.15, -0.1) is 0 Å². The van der Waals surface area contributed by atoms with E-state index in [1.165, 1.54) is 4.90 Å². The molecule has 1 aromatic heterocycles. The van der Waals surface area contributed by atoms with Gasteiger partial charge < -0.3 is 9.52 Å². The highest BCUT2D eigenvalue weighted by Gasteiger charge is 2.46. The van der Waals surface area contributed by atoms with Gasteiger partial charge in [-0.25, -0.2) is 0 Å². The topological polar surface area (TPSA) is 70.8 Å². The van der Waals surface area contributed by atoms with Crippen LogP contribution in [-0.4, -0.2) is 16.8 Å². The van der Waals surface area contributed by atoms with Crippen LogP contribution in [0.3, 0.4) is 0 Å². The van der Waals surface area contributed by atoms with E-state index in [2.05, 4.69) is 20.8 Å². The van der Waals surface area contributed by atoms with Gasteiger partial charge in [0.25, 0.3) is 5.91 Å². The number of nitrogens with zero attached hydrogens (tertiary/aromatic N) is 1. The molecular formula is C30H26ClNO4. The van der Waals surface area contributed by atoms with E-state index in [1.54, 1.807) is 30.3 Å². The molecule has 1 atom stereocenters. The van der Waals surface area contributed by atoms with Gasteiger partial charge in [0, 0.05) is 16.1 Å². The van der Waals surface area contributed by atoms with Crippen LogP contribution in [0.25, 0.3) is 11.0 Å². The number of para-hydroxylation sites is 1. The number of rotatable bonds is 4. The average molecular weight is 500 g/mol. The first-order valence-electron chi connectivity index (χ1n) is 11.7. The number of Topliss-reactive ketones (excluding diaryl/α,β-unsaturated/α-hetero) is 1. The number of aryl methyl sites for hydroxylation is 1. The molecule has 3 aromatic carbocycles. The van der Waals surface area contributed by atoms with Crippen LogP contribution in [0.1, 0.15) is 54.1 Å². The van der Waals surface area contributed by atoms with E-state index in [9.17, 15) is 14.7 Å². The monoisotopic (exact) mass is 499 g/mol. The summed E-state index contributed by atoms with van der Waals surface area (Å²) in [6.45, 7) is 8.20. The predicted octanol–water partition coefficient (Wildman–Crippen LogP) is 7.48. The Bertz CT molecular complexity index is 1510. The predicted molar refractivity (Wildman–Crippen MR) is 142 cm³/mol. The van der Waals surface area contributed by atoms with Gasteiger partial charge in [0.1, 0.15) is 5.58 Å². The largest absolute Gasteiger partial charge is 0.503 e. The Hall–Kier alpha value is -3.83. The summed E-state index contributed by atoms with van der Waals surface area (Å²) in [4.78, 5) is 28.7. The molecule has 2 heterocycles. The zero-order valence-electron chi connectivity index (χ0n) is 20.5. The van der Waals surface area contributed by atoms with E-state index < -0.39 is 23.5 Å². The van der Waals surface area contributed by atoms with E-state index >= 15 is 0 Å². The molecule has 4 aromatic rings. The zero-order valence-corrected chi connectivity index (χ0v) is 21.3. The molecule has 0 spiro atoms. The number of fused-ring (bicyclic) bond motifs is 1. The molecule has 36 heavy (non-hydrogen) atoms. The van der Waals surface area contributed by atoms with Crippen molar-refractivity contribution in [2.24, 2.45) is 0 Å². The van der Waals surface area contributed by atoms with E-state index in [-0.39, 0.29) is 16.7 Å². The fraction of sp³-hybridized carbons (Fsp3) is 0.200. The minimum atomic E-state index is -0.857. The molecule has 0 bridgehead atoms. The number of amides is 1. The summed E-state index contributed by atoms with van der Waals surface area (Å²) in [5.41, 5.74) is 3.57. The lowest BCUT2D eigenvalue weighted by molar-refractivity contribution is -0.117. The number of aliphatic hydroxyl groups excluding tert-OH is 1. The van der Waals surface area contributed by atoms with Gasteiger partial charge in [-0.05, 0) is 53.3 Å². The summed E-state index contributed by atoms with van der Waals surface area (Å²) in [6, 6.07) is 21.0. The second kappa shape index (κ2) is 8.68. The van der Waals surface area contributed by atoms with Crippen molar-refractivity contribution >= 4 is 39.9 Å². The van der Waals surface area contributed by atoms with Crippen LogP contribution < -0.4 is 4.90 Å². The number of aliphatic hydroxyl groups is 1. The molecule has 0 aliphatic carbocycles. The van der Waals surface area contributed by atoms with Crippen molar-refractivity contribution in [2.75, 3.05) is 4.90 Å². The number of hydrogen-bond acceptors (Lipinski definition) is 4. The Kier molecular flexibility index (Phi) is 5.76. The Morgan fingerprint density at radius 3 is 2.36 bits per heavy atom. The van der Waals surface area contributed by atoms with Crippen molar-refractivity contribution in [1.29, 1.82) is 0 Å². The summed E-state index contributed by atoms with van der Waals surface area (Å²) < 4.78 is 5.81. The van der Waals surface area contributed by atoms with Gasteiger partial charge in [0.2, 0.25) is 5.78 Å². The van der Waals surface area contributed by atoms with Crippen LogP contribution in [0.2, 0.25) is 5.02 Å². The minimum absolute atomic E-state index is 0.0260. The Morgan fingerprint density at radius 1 is 1.00 bits per heavy atom. The fourth-order valence-corrected chi connectivity index (χ4v) is 4.80. The maximum atomic E-state index is 13.8. The number of anilines is 1. The second-order valence-electron chi connectivity index (χ2n) is 10.1. The highest BCUT2D eigenvalue weighted by atomic mass is 35.5. The lowest BCUT2D eigenvalue weighted by atomic mass is 9.85. The Labute approximate surface area is 214 Å². The van der Waals surface area contributed by atoms with Gasteiger partial charge in [-0.3, -0.25) is 14.5 Å². The molecule has 0 fully saturated rings. The molecule has 1 amide bonds. The molecule has 0 saturated heterocycles. The smallest absolute Gasteiger partial charge is 0.294 e. The van der Waals surface area contributed by atoms with Crippen LogP contribution in [0.5, 0.6) is 0 Å². The third-order valence-corrected chi connectivity index (χ3v) is 6.86. The first-order valence-corrected chi connectivity index (χ1v) is 12.1. The molecule has 5 nitrogen and oxygen atoms in total. The second-order valence-corrected chi connectivity index (χ2v) is 10.6. The number of carbonyl (C=O) groups excluding carboxylic acids is 2. The fourth-order valence-electron chi connectivity index (χ4n) is 4.64. The number of carbonyl (C=O) groups is 2. The molecule has 5 rings (SSSR count). The summed E-state index contributed by atoms with van der Waals surface area (Å²) in [5, 5.41) is 12.3. The van der Waals surface area contributed by atoms with Crippen molar-refractivity contribution in [3.63, 3.8) is 0 Å². The number of furan rings is 1. The molecular weight excluding hydrogens is 474 g/mol. The van der Waals surface area contributed by atoms with Gasteiger partial charge in [0.15, 0.2) is 11.5 Å². The van der Waals surface area contributed by atoms with Gasteiger partial charge in [-0.2, -0.15) is 0 Å². The van der Waals surface area contributed by atoms with Crippen LogP contribution in [-0.2, 0) is 10.2 Å². The quantitative estimate of drug-likeness (QED) is 0.295. The first kappa shape index (κ1) is 23.9. The van der Waals surface area contributed by atoms with Crippen LogP contribution in [0.15, 0.2) is 88.5 Å². The number of halogens is 1. The molecule has 0 radical (unpaired) electrons. The minimum Gasteiger partial charge on any atom is -0.503 e. The maximum absolute atomic E-state index is 13.8. The number of hydrogen-bond donors (Lipinski definition) is 1. The van der Waals surface area contributed by atoms with Gasteiger partial charge >= 0.3 is 0 Å². The van der Waals surface area contributed by atoms with Crippen molar-refractivity contribution in [3.8, 4) is 0 Å². The van der Waals surface area contributed by atoms with Crippen molar-refractivity contribution in [2.45, 2.75) is 39.2 Å². The van der Waals surface area contributed by atoms with Crippen LogP contribution in [0.4, 0.5) is 5.69 Å². The third kappa shape index (κ3) is 3.99. The Balaban J connectivity index is 1.68. The maximum Gasteiger partial charge on any atom is 0.294 e. The lowest BCUT2D eigenvalue weighted by Crippen LogP contribution is -2.31. The van der Waals surface area contributed by atoms with Crippen LogP contribution in [0, 0.1) is 6.92 Å². The number of ketones is 1. The molecule has 1 N–H and O–H groups in total. The highest BCUT2D eigenvalue weighted by Crippen LogP contribution is 2.44. The third-order valence-electron chi connectivity index (χ3n) is 6.63. The van der Waals surface area contributed by atoms with Crippen LogP contribution >= 0.6 is 11.6 Å². The SMILES string of the molecule is Cc1ccc(Cl)cc1N1C(=O)C(O)=C(C(=O)c2cc3ccccc3o2)C1c1ccc(C(C)(C)C)cc1. The molecule has 0 saturated carbocycles. The molecule has 1 aliphatic heterocycles. The summed E-state index contributed by atoms with van der Waals surface area (Å²) in [7, 11) is 0. The zero-order chi connectivity index (χ0) is 25.8. The van der Waals surface area contributed by atoms with E-state index in [1.807, 2.05) is 49.4 Å². The normalized spacial score (nSPS) is 16.3. The lowest BCUT2D eigenvalue weighted by Gasteiger charge is -2.29. The average Bonchev–Trinajstić information content (AvgIpc) is 3.39. The van der Waals surface area contributed by atoms with Crippen molar-refractivity contribution in [3.05, 3.63) is 112 Å². The van der Waals surface area contributed by atoms with Gasteiger partial charge in [-0.1, -0.05) is 80.9 Å². The van der Waals surface area contributed by atoms with Gasteiger partial charge in [0.05, 0.1) is 11.6 Å². The highest BCUT2D eigenvalue weighted by molar-refractivity contribution is 6.31. The summed E-state index contributed by atoms with van der Waals surface area (Å²) >= 11 is 6.29. The molecule has 1 unspecified atom stereocenters. The molecule has 6 heteroatoms. The first-order chi connectivity index (χ1) is 17.1. The summed E-state index contributed by atoms with van der Waals surface area (Å²) in [5.74, 6) is -1.73. The summed E-state index contributed by atoms with van der Waals surface area (Å²) in [6.07, 6.45) is 0. The standard InChI is InChI=1S/C30H26ClNO4/c1-17-9-14-21(31)16-22(17)32-26(18-10-12-20(13-11-18)30(2,3)4)25(28(34)29(32)35)27(33)24-15-19-7-5-6-8-23(19)36-24/h5-16,26,34H,1-4H3.